The highest BCUT2D eigenvalue weighted by molar-refractivity contribution is 5.77. The van der Waals surface area contributed by atoms with Gasteiger partial charge >= 0.3 is 5.97 Å². The zero-order valence-electron chi connectivity index (χ0n) is 41.0. The van der Waals surface area contributed by atoms with Gasteiger partial charge in [-0.05, 0) is 89.9 Å². The van der Waals surface area contributed by atoms with E-state index in [0.29, 0.717) is 19.3 Å². The Balaban J connectivity index is 4.72. The molecule has 3 atom stereocenters. The van der Waals surface area contributed by atoms with Crippen LogP contribution in [0.4, 0.5) is 0 Å². The van der Waals surface area contributed by atoms with Gasteiger partial charge < -0.3 is 20.3 Å². The highest BCUT2D eigenvalue weighted by Crippen LogP contribution is 2.17. The van der Waals surface area contributed by atoms with Crippen molar-refractivity contribution < 1.29 is 24.5 Å². The standard InChI is InChI=1S/C56H101NO5/c1-4-7-10-13-16-19-22-25-27-28-29-30-32-35-38-41-44-47-52(62-56(61)49-46-43-40-37-34-31-26-23-20-17-14-11-8-5-2)50-55(60)57-53(51-58)54(59)48-45-42-39-36-33-24-21-18-15-12-9-6-3/h16,19,25,27,29-31,34-35,38,52-54,58-59H,4-15,17-18,20-24,26,28,32-33,36-37,39-51H2,1-3H3,(H,57,60)/b19-16-,27-25-,30-29-,34-31-,38-35-. The topological polar surface area (TPSA) is 95.9 Å². The van der Waals surface area contributed by atoms with E-state index in [4.69, 9.17) is 4.74 Å². The highest BCUT2D eigenvalue weighted by Gasteiger charge is 2.24. The molecule has 0 aromatic carbocycles. The van der Waals surface area contributed by atoms with E-state index in [1.165, 1.54) is 128 Å². The monoisotopic (exact) mass is 868 g/mol. The van der Waals surface area contributed by atoms with E-state index in [1.807, 2.05) is 0 Å². The maximum atomic E-state index is 13.2. The number of ether oxygens (including phenoxy) is 1. The highest BCUT2D eigenvalue weighted by atomic mass is 16.5. The van der Waals surface area contributed by atoms with Gasteiger partial charge in [-0.2, -0.15) is 0 Å². The van der Waals surface area contributed by atoms with Crippen LogP contribution in [0.15, 0.2) is 60.8 Å². The van der Waals surface area contributed by atoms with Crippen molar-refractivity contribution in [3.63, 3.8) is 0 Å². The summed E-state index contributed by atoms with van der Waals surface area (Å²) in [4.78, 5) is 26.1. The van der Waals surface area contributed by atoms with Crippen LogP contribution in [0.1, 0.15) is 258 Å². The van der Waals surface area contributed by atoms with Gasteiger partial charge in [0.05, 0.1) is 25.2 Å². The van der Waals surface area contributed by atoms with E-state index in [2.05, 4.69) is 86.8 Å². The Bertz CT molecular complexity index is 1110. The molecule has 0 saturated heterocycles. The van der Waals surface area contributed by atoms with E-state index in [9.17, 15) is 19.8 Å². The molecule has 0 aromatic heterocycles. The van der Waals surface area contributed by atoms with E-state index in [0.717, 1.165) is 83.5 Å². The average molecular weight is 868 g/mol. The third kappa shape index (κ3) is 44.2. The molecule has 360 valence electrons. The molecule has 0 rings (SSSR count). The second-order valence-electron chi connectivity index (χ2n) is 17.9. The summed E-state index contributed by atoms with van der Waals surface area (Å²) in [5.74, 6) is -0.544. The first-order valence-electron chi connectivity index (χ1n) is 26.5. The molecular weight excluding hydrogens is 767 g/mol. The minimum atomic E-state index is -0.805. The molecule has 0 radical (unpaired) electrons. The number of carbonyl (C=O) groups excluding carboxylic acids is 2. The molecule has 0 aliphatic carbocycles. The Morgan fingerprint density at radius 3 is 1.32 bits per heavy atom. The normalized spacial score (nSPS) is 13.7. The van der Waals surface area contributed by atoms with Crippen molar-refractivity contribution in [1.29, 1.82) is 0 Å². The number of hydrogen-bond acceptors (Lipinski definition) is 5. The molecule has 0 aliphatic rings. The number of aliphatic hydroxyl groups excluding tert-OH is 2. The Labute approximate surface area is 384 Å². The van der Waals surface area contributed by atoms with Crippen LogP contribution in [0.2, 0.25) is 0 Å². The van der Waals surface area contributed by atoms with Crippen molar-refractivity contribution in [3.8, 4) is 0 Å². The maximum absolute atomic E-state index is 13.2. The zero-order chi connectivity index (χ0) is 45.2. The second kappa shape index (κ2) is 49.6. The summed E-state index contributed by atoms with van der Waals surface area (Å²) in [6, 6.07) is -0.722. The lowest BCUT2D eigenvalue weighted by molar-refractivity contribution is -0.151. The summed E-state index contributed by atoms with van der Waals surface area (Å²) in [7, 11) is 0. The van der Waals surface area contributed by atoms with Crippen LogP contribution < -0.4 is 5.32 Å². The van der Waals surface area contributed by atoms with Crippen LogP contribution in [0, 0.1) is 0 Å². The number of esters is 1. The summed E-state index contributed by atoms with van der Waals surface area (Å²) in [5, 5.41) is 23.7. The Kier molecular flexibility index (Phi) is 47.6. The first-order valence-corrected chi connectivity index (χ1v) is 26.5. The first kappa shape index (κ1) is 59.6. The Hall–Kier alpha value is -2.44. The number of rotatable bonds is 47. The van der Waals surface area contributed by atoms with Crippen molar-refractivity contribution in [1.82, 2.24) is 5.32 Å². The van der Waals surface area contributed by atoms with Gasteiger partial charge in [-0.1, -0.05) is 216 Å². The van der Waals surface area contributed by atoms with Gasteiger partial charge in [0, 0.05) is 6.42 Å². The van der Waals surface area contributed by atoms with Gasteiger partial charge in [-0.3, -0.25) is 9.59 Å². The third-order valence-electron chi connectivity index (χ3n) is 11.8. The van der Waals surface area contributed by atoms with E-state index in [-0.39, 0.29) is 24.9 Å². The molecular formula is C56H101NO5. The Morgan fingerprint density at radius 1 is 0.468 bits per heavy atom. The summed E-state index contributed by atoms with van der Waals surface area (Å²) < 4.78 is 5.90. The number of hydrogen-bond donors (Lipinski definition) is 3. The van der Waals surface area contributed by atoms with Crippen LogP contribution in [-0.2, 0) is 14.3 Å². The van der Waals surface area contributed by atoms with Crippen LogP contribution >= 0.6 is 0 Å². The van der Waals surface area contributed by atoms with Gasteiger partial charge in [0.15, 0.2) is 0 Å². The molecule has 3 unspecified atom stereocenters. The smallest absolute Gasteiger partial charge is 0.306 e. The summed E-state index contributed by atoms with van der Waals surface area (Å²) in [6.07, 6.45) is 61.4. The quantitative estimate of drug-likeness (QED) is 0.0322. The number of unbranched alkanes of at least 4 members (excludes halogenated alkanes) is 25. The predicted octanol–water partition coefficient (Wildman–Crippen LogP) is 16.0. The molecule has 0 bridgehead atoms. The van der Waals surface area contributed by atoms with Crippen molar-refractivity contribution in [2.45, 2.75) is 277 Å². The first-order chi connectivity index (χ1) is 30.5. The van der Waals surface area contributed by atoms with E-state index < -0.39 is 18.2 Å². The lowest BCUT2D eigenvalue weighted by Crippen LogP contribution is -2.46. The molecule has 3 N–H and O–H groups in total. The summed E-state index contributed by atoms with van der Waals surface area (Å²) >= 11 is 0. The number of carbonyl (C=O) groups is 2. The molecule has 6 nitrogen and oxygen atoms in total. The zero-order valence-corrected chi connectivity index (χ0v) is 41.0. The number of nitrogens with one attached hydrogen (secondary N) is 1. The molecule has 0 spiro atoms. The van der Waals surface area contributed by atoms with Crippen LogP contribution in [0.3, 0.4) is 0 Å². The molecule has 1 amide bonds. The average Bonchev–Trinajstić information content (AvgIpc) is 3.26. The lowest BCUT2D eigenvalue weighted by Gasteiger charge is -2.24. The molecule has 0 heterocycles. The minimum Gasteiger partial charge on any atom is -0.462 e. The van der Waals surface area contributed by atoms with Crippen LogP contribution in [0.25, 0.3) is 0 Å². The minimum absolute atomic E-state index is 0.0334. The largest absolute Gasteiger partial charge is 0.462 e. The van der Waals surface area contributed by atoms with E-state index in [1.54, 1.807) is 0 Å². The van der Waals surface area contributed by atoms with E-state index >= 15 is 0 Å². The molecule has 6 heteroatoms. The lowest BCUT2D eigenvalue weighted by atomic mass is 10.0. The Morgan fingerprint density at radius 2 is 0.839 bits per heavy atom. The predicted molar refractivity (Wildman–Crippen MR) is 268 cm³/mol. The van der Waals surface area contributed by atoms with Crippen molar-refractivity contribution in [3.05, 3.63) is 60.8 Å². The fraction of sp³-hybridized carbons (Fsp3) is 0.786. The maximum Gasteiger partial charge on any atom is 0.306 e. The van der Waals surface area contributed by atoms with Crippen molar-refractivity contribution in [2.24, 2.45) is 0 Å². The molecule has 0 aliphatic heterocycles. The van der Waals surface area contributed by atoms with Crippen molar-refractivity contribution >= 4 is 11.9 Å². The molecule has 62 heavy (non-hydrogen) atoms. The fourth-order valence-corrected chi connectivity index (χ4v) is 7.77. The van der Waals surface area contributed by atoms with Gasteiger partial charge in [-0.25, -0.2) is 0 Å². The molecule has 0 saturated carbocycles. The van der Waals surface area contributed by atoms with Gasteiger partial charge in [0.2, 0.25) is 5.91 Å². The second-order valence-corrected chi connectivity index (χ2v) is 17.9. The fourth-order valence-electron chi connectivity index (χ4n) is 7.77. The van der Waals surface area contributed by atoms with Gasteiger partial charge in [0.25, 0.3) is 0 Å². The third-order valence-corrected chi connectivity index (χ3v) is 11.8. The molecule has 0 fully saturated rings. The van der Waals surface area contributed by atoms with Gasteiger partial charge in [-0.15, -0.1) is 0 Å². The number of amides is 1. The SMILES string of the molecule is CCCCC/C=C\C/C=C\C/C=C\C/C=C\CCCC(CC(=O)NC(CO)C(O)CCCCCCCCCCCCCC)OC(=O)CCCCC/C=C\CCCCCCCCC. The molecule has 0 aromatic rings. The number of aliphatic hydroxyl groups is 2. The number of allylic oxidation sites excluding steroid dienone is 10. The van der Waals surface area contributed by atoms with Gasteiger partial charge in [0.1, 0.15) is 6.10 Å². The van der Waals surface area contributed by atoms with Crippen molar-refractivity contribution in [2.75, 3.05) is 6.61 Å². The van der Waals surface area contributed by atoms with Crippen LogP contribution in [-0.4, -0.2) is 46.9 Å². The summed E-state index contributed by atoms with van der Waals surface area (Å²) in [5.41, 5.74) is 0. The summed E-state index contributed by atoms with van der Waals surface area (Å²) in [6.45, 7) is 6.43. The van der Waals surface area contributed by atoms with Crippen LogP contribution in [0.5, 0.6) is 0 Å².